The third-order valence-electron chi connectivity index (χ3n) is 8.54. The summed E-state index contributed by atoms with van der Waals surface area (Å²) in [4.78, 5) is 9.36. The number of nitrogen functional groups attached to an aromatic ring is 1. The van der Waals surface area contributed by atoms with Crippen molar-refractivity contribution >= 4 is 28.7 Å². The minimum absolute atomic E-state index is 0.333. The lowest BCUT2D eigenvalue weighted by Crippen LogP contribution is -2.35. The first-order valence-electron chi connectivity index (χ1n) is 14.2. The van der Waals surface area contributed by atoms with Gasteiger partial charge in [0.25, 0.3) is 0 Å². The summed E-state index contributed by atoms with van der Waals surface area (Å²) < 4.78 is 26.6. The number of fused-ring (bicyclic) bond motifs is 2. The number of ether oxygens (including phenoxy) is 4. The molecular weight excluding hydrogens is 534 g/mol. The van der Waals surface area contributed by atoms with Gasteiger partial charge in [-0.25, -0.2) is 14.5 Å². The molecule has 0 bridgehead atoms. The highest BCUT2D eigenvalue weighted by atomic mass is 35.5. The Labute approximate surface area is 236 Å². The first kappa shape index (κ1) is 26.1. The number of hydrogen-bond donors (Lipinski definition) is 1. The molecule has 0 aromatic carbocycles. The molecule has 2 aliphatic heterocycles. The maximum atomic E-state index is 6.27. The van der Waals surface area contributed by atoms with Crippen molar-refractivity contribution in [2.45, 2.75) is 74.8 Å². The van der Waals surface area contributed by atoms with Crippen LogP contribution in [-0.4, -0.2) is 67.2 Å². The maximum Gasteiger partial charge on any atom is 0.169 e. The SMILES string of the molecule is Clc1cc(C2CCCC3(C2)OCCO3)nc2ccnn12.Nc1cc(C2CCCC3(C2)OCCO3)nc2ccnn12. The number of nitrogens with two attached hydrogens (primary N) is 1. The monoisotopic (exact) mass is 567 g/mol. The zero-order valence-corrected chi connectivity index (χ0v) is 23.1. The molecule has 40 heavy (non-hydrogen) atoms. The van der Waals surface area contributed by atoms with Crippen LogP contribution in [0.4, 0.5) is 5.82 Å². The molecule has 2 aliphatic carbocycles. The van der Waals surface area contributed by atoms with Crippen LogP contribution in [0.1, 0.15) is 74.6 Å². The van der Waals surface area contributed by atoms with E-state index in [2.05, 4.69) is 20.2 Å². The lowest BCUT2D eigenvalue weighted by molar-refractivity contribution is -0.181. The molecule has 4 fully saturated rings. The van der Waals surface area contributed by atoms with Gasteiger partial charge in [-0.2, -0.15) is 14.7 Å². The molecule has 12 heteroatoms. The summed E-state index contributed by atoms with van der Waals surface area (Å²) >= 11 is 6.27. The van der Waals surface area contributed by atoms with Crippen molar-refractivity contribution in [2.75, 3.05) is 32.2 Å². The molecule has 2 N–H and O–H groups in total. The highest BCUT2D eigenvalue weighted by Crippen LogP contribution is 2.44. The third-order valence-corrected chi connectivity index (χ3v) is 8.81. The summed E-state index contributed by atoms with van der Waals surface area (Å²) in [5.41, 5.74) is 9.68. The molecule has 2 atom stereocenters. The van der Waals surface area contributed by atoms with Crippen LogP contribution in [0.2, 0.25) is 5.15 Å². The molecule has 11 nitrogen and oxygen atoms in total. The summed E-state index contributed by atoms with van der Waals surface area (Å²) in [6, 6.07) is 7.59. The molecule has 2 spiro atoms. The average molecular weight is 568 g/mol. The van der Waals surface area contributed by atoms with E-state index in [1.54, 1.807) is 21.4 Å². The lowest BCUT2D eigenvalue weighted by Gasteiger charge is -2.36. The molecule has 212 valence electrons. The molecule has 4 aromatic rings. The normalized spacial score (nSPS) is 25.5. The number of anilines is 1. The van der Waals surface area contributed by atoms with Gasteiger partial charge in [0, 0.05) is 67.1 Å². The summed E-state index contributed by atoms with van der Waals surface area (Å²) in [6.07, 6.45) is 11.5. The number of rotatable bonds is 2. The number of aromatic nitrogens is 6. The van der Waals surface area contributed by atoms with Gasteiger partial charge in [-0.1, -0.05) is 11.6 Å². The minimum atomic E-state index is -0.385. The Kier molecular flexibility index (Phi) is 6.87. The highest BCUT2D eigenvalue weighted by molar-refractivity contribution is 6.29. The second kappa shape index (κ2) is 10.5. The fraction of sp³-hybridized carbons (Fsp3) is 0.571. The number of halogens is 1. The third kappa shape index (κ3) is 4.94. The standard InChI is InChI=1S/C14H16ClN3O2.C14H18N4O2/c2*15-12-8-11(17-13-3-5-16-18(12)13)10-2-1-4-14(9-10)19-6-7-20-14/h3,5,8,10H,1-2,4,6-7,9H2;3,5,8,10H,1-2,4,6-7,9,15H2. The summed E-state index contributed by atoms with van der Waals surface area (Å²) in [6.45, 7) is 2.79. The maximum absolute atomic E-state index is 6.27. The van der Waals surface area contributed by atoms with Gasteiger partial charge in [0.1, 0.15) is 11.0 Å². The van der Waals surface area contributed by atoms with Crippen molar-refractivity contribution in [2.24, 2.45) is 0 Å². The van der Waals surface area contributed by atoms with E-state index in [1.165, 1.54) is 0 Å². The number of hydrogen-bond acceptors (Lipinski definition) is 9. The highest BCUT2D eigenvalue weighted by Gasteiger charge is 2.43. The van der Waals surface area contributed by atoms with Crippen molar-refractivity contribution in [3.05, 3.63) is 53.2 Å². The second-order valence-corrected chi connectivity index (χ2v) is 11.5. The van der Waals surface area contributed by atoms with E-state index in [0.29, 0.717) is 49.2 Å². The fourth-order valence-electron chi connectivity index (χ4n) is 6.69. The van der Waals surface area contributed by atoms with E-state index in [9.17, 15) is 0 Å². The zero-order chi connectivity index (χ0) is 27.2. The van der Waals surface area contributed by atoms with Gasteiger partial charge in [0.05, 0.1) is 38.8 Å². The van der Waals surface area contributed by atoms with Crippen molar-refractivity contribution in [1.82, 2.24) is 29.2 Å². The van der Waals surface area contributed by atoms with E-state index in [1.807, 2.05) is 24.3 Å². The Balaban J connectivity index is 0.000000132. The van der Waals surface area contributed by atoms with Crippen LogP contribution in [-0.2, 0) is 18.9 Å². The van der Waals surface area contributed by atoms with Crippen LogP contribution >= 0.6 is 11.6 Å². The second-order valence-electron chi connectivity index (χ2n) is 11.1. The van der Waals surface area contributed by atoms with Crippen molar-refractivity contribution in [3.63, 3.8) is 0 Å². The van der Waals surface area contributed by atoms with Crippen molar-refractivity contribution < 1.29 is 18.9 Å². The molecule has 4 aliphatic rings. The van der Waals surface area contributed by atoms with Crippen LogP contribution in [0, 0.1) is 0 Å². The van der Waals surface area contributed by atoms with Gasteiger partial charge in [-0.15, -0.1) is 0 Å². The first-order valence-corrected chi connectivity index (χ1v) is 14.6. The van der Waals surface area contributed by atoms with Crippen molar-refractivity contribution in [1.29, 1.82) is 0 Å². The predicted octanol–water partition coefficient (Wildman–Crippen LogP) is 4.50. The smallest absolute Gasteiger partial charge is 0.169 e. The van der Waals surface area contributed by atoms with Crippen molar-refractivity contribution in [3.8, 4) is 0 Å². The van der Waals surface area contributed by atoms with Gasteiger partial charge >= 0.3 is 0 Å². The largest absolute Gasteiger partial charge is 0.384 e. The van der Waals surface area contributed by atoms with Gasteiger partial charge < -0.3 is 24.7 Å². The molecule has 0 amide bonds. The first-order chi connectivity index (χ1) is 19.5. The molecule has 2 saturated heterocycles. The van der Waals surface area contributed by atoms with Crippen LogP contribution in [0.25, 0.3) is 11.3 Å². The zero-order valence-electron chi connectivity index (χ0n) is 22.4. The van der Waals surface area contributed by atoms with E-state index in [0.717, 1.165) is 74.0 Å². The van der Waals surface area contributed by atoms with E-state index < -0.39 is 0 Å². The Morgan fingerprint density at radius 2 is 1.25 bits per heavy atom. The van der Waals surface area contributed by atoms with Crippen LogP contribution < -0.4 is 5.73 Å². The van der Waals surface area contributed by atoms with Gasteiger partial charge in [0.2, 0.25) is 0 Å². The molecule has 0 radical (unpaired) electrons. The Morgan fingerprint density at radius 3 is 1.82 bits per heavy atom. The summed E-state index contributed by atoms with van der Waals surface area (Å²) in [5, 5.41) is 8.90. The van der Waals surface area contributed by atoms with E-state index in [-0.39, 0.29) is 11.6 Å². The molecule has 2 saturated carbocycles. The quantitative estimate of drug-likeness (QED) is 0.349. The molecule has 8 rings (SSSR count). The Hall–Kier alpha value is -2.83. The van der Waals surface area contributed by atoms with Crippen LogP contribution in [0.3, 0.4) is 0 Å². The van der Waals surface area contributed by atoms with Crippen LogP contribution in [0.5, 0.6) is 0 Å². The fourth-order valence-corrected chi connectivity index (χ4v) is 6.93. The lowest BCUT2D eigenvalue weighted by atomic mass is 9.82. The Bertz CT molecular complexity index is 1380. The van der Waals surface area contributed by atoms with Crippen LogP contribution in [0.15, 0.2) is 36.7 Å². The van der Waals surface area contributed by atoms with E-state index in [4.69, 9.17) is 36.3 Å². The summed E-state index contributed by atoms with van der Waals surface area (Å²) in [5.74, 6) is 0.529. The van der Waals surface area contributed by atoms with Gasteiger partial charge in [0.15, 0.2) is 22.9 Å². The van der Waals surface area contributed by atoms with Gasteiger partial charge in [-0.05, 0) is 31.7 Å². The van der Waals surface area contributed by atoms with E-state index >= 15 is 0 Å². The molecule has 4 aromatic heterocycles. The molecule has 6 heterocycles. The predicted molar refractivity (Wildman–Crippen MR) is 147 cm³/mol. The van der Waals surface area contributed by atoms with Gasteiger partial charge in [-0.3, -0.25) is 0 Å². The minimum Gasteiger partial charge on any atom is -0.384 e. The summed E-state index contributed by atoms with van der Waals surface area (Å²) in [7, 11) is 0. The number of nitrogens with zero attached hydrogens (tertiary/aromatic N) is 6. The molecular formula is C28H34ClN7O4. The molecule has 2 unspecified atom stereocenters. The average Bonchev–Trinajstić information content (AvgIpc) is 3.78. The topological polar surface area (TPSA) is 123 Å². The Morgan fingerprint density at radius 1 is 0.750 bits per heavy atom.